The first-order valence-electron chi connectivity index (χ1n) is 6.60. The van der Waals surface area contributed by atoms with Gasteiger partial charge in [0.1, 0.15) is 0 Å². The zero-order valence-electron chi connectivity index (χ0n) is 12.6. The van der Waals surface area contributed by atoms with Crippen LogP contribution < -0.4 is 0 Å². The predicted molar refractivity (Wildman–Crippen MR) is 76.1 cm³/mol. The topological polar surface area (TPSA) is 37.4 Å². The molecule has 2 aromatic carbocycles. The largest absolute Gasteiger partial charge is 0.249 e. The molecule has 0 aliphatic heterocycles. The van der Waals surface area contributed by atoms with Crippen molar-refractivity contribution in [1.82, 2.24) is 4.31 Å². The Morgan fingerprint density at radius 3 is 1.71 bits per heavy atom. The van der Waals surface area contributed by atoms with E-state index in [4.69, 9.17) is 0 Å². The van der Waals surface area contributed by atoms with Crippen molar-refractivity contribution in [2.45, 2.75) is 18.4 Å². The number of hydrogen-bond donors (Lipinski definition) is 0. The van der Waals surface area contributed by atoms with Crippen LogP contribution in [0.2, 0.25) is 0 Å². The monoisotopic (exact) mass is 365 g/mol. The molecule has 0 radical (unpaired) electrons. The van der Waals surface area contributed by atoms with Gasteiger partial charge >= 0.3 is 0 Å². The fourth-order valence-corrected chi connectivity index (χ4v) is 3.27. The molecule has 0 amide bonds. The molecular formula is C15H12F5NO2S. The molecule has 0 saturated carbocycles. The lowest BCUT2D eigenvalue weighted by Crippen LogP contribution is -2.29. The first-order chi connectivity index (χ1) is 11.1. The van der Waals surface area contributed by atoms with Gasteiger partial charge in [-0.1, -0.05) is 29.8 Å². The van der Waals surface area contributed by atoms with Crippen molar-refractivity contribution < 1.29 is 30.4 Å². The van der Waals surface area contributed by atoms with Crippen LogP contribution in [0.3, 0.4) is 0 Å². The fraction of sp³-hybridized carbons (Fsp3) is 0.200. The van der Waals surface area contributed by atoms with E-state index in [1.807, 2.05) is 0 Å². The van der Waals surface area contributed by atoms with Gasteiger partial charge in [-0.05, 0) is 12.5 Å². The smallest absolute Gasteiger partial charge is 0.207 e. The minimum Gasteiger partial charge on any atom is -0.207 e. The normalized spacial score (nSPS) is 12.0. The number of rotatable bonds is 4. The Labute approximate surface area is 135 Å². The van der Waals surface area contributed by atoms with Gasteiger partial charge in [-0.3, -0.25) is 0 Å². The summed E-state index contributed by atoms with van der Waals surface area (Å²) in [5.41, 5.74) is 1.39. The molecule has 2 aromatic rings. The van der Waals surface area contributed by atoms with Crippen LogP contribution in [0.5, 0.6) is 0 Å². The van der Waals surface area contributed by atoms with E-state index in [9.17, 15) is 30.4 Å². The highest BCUT2D eigenvalue weighted by molar-refractivity contribution is 7.89. The first-order valence-corrected chi connectivity index (χ1v) is 8.04. The molecule has 0 atom stereocenters. The summed E-state index contributed by atoms with van der Waals surface area (Å²) >= 11 is 0. The first kappa shape index (κ1) is 18.3. The molecule has 9 heteroatoms. The maximum atomic E-state index is 13.7. The van der Waals surface area contributed by atoms with Gasteiger partial charge in [0.25, 0.3) is 0 Å². The van der Waals surface area contributed by atoms with E-state index >= 15 is 0 Å². The molecule has 130 valence electrons. The number of hydrogen-bond acceptors (Lipinski definition) is 2. The van der Waals surface area contributed by atoms with Crippen LogP contribution in [0.15, 0.2) is 29.2 Å². The molecule has 0 aliphatic carbocycles. The van der Waals surface area contributed by atoms with Crippen LogP contribution >= 0.6 is 0 Å². The highest BCUT2D eigenvalue weighted by atomic mass is 32.2. The molecule has 0 N–H and O–H groups in total. The van der Waals surface area contributed by atoms with Gasteiger partial charge in [0, 0.05) is 13.6 Å². The minimum absolute atomic E-state index is 0.303. The lowest BCUT2D eigenvalue weighted by atomic mass is 10.1. The van der Waals surface area contributed by atoms with Crippen molar-refractivity contribution in [3.05, 3.63) is 64.5 Å². The lowest BCUT2D eigenvalue weighted by molar-refractivity contribution is 0.352. The molecule has 0 bridgehead atoms. The lowest BCUT2D eigenvalue weighted by Gasteiger charge is -2.18. The maximum absolute atomic E-state index is 13.7. The van der Waals surface area contributed by atoms with Crippen LogP contribution in [0.25, 0.3) is 0 Å². The Hall–Kier alpha value is -2.00. The molecule has 0 spiro atoms. The molecule has 0 heterocycles. The maximum Gasteiger partial charge on any atom is 0.249 e. The van der Waals surface area contributed by atoms with Gasteiger partial charge in [0.15, 0.2) is 28.2 Å². The standard InChI is InChI=1S/C15H12F5NO2S/c1-8-3-5-9(6-4-8)7-21(2)24(22,23)15-13(19)11(17)10(16)12(18)14(15)20/h3-6H,7H2,1-2H3. The second kappa shape index (κ2) is 6.48. The third kappa shape index (κ3) is 3.13. The summed E-state index contributed by atoms with van der Waals surface area (Å²) in [6.07, 6.45) is 0. The molecule has 0 fully saturated rings. The summed E-state index contributed by atoms with van der Waals surface area (Å²) in [7, 11) is -3.95. The number of benzene rings is 2. The third-order valence-electron chi connectivity index (χ3n) is 3.36. The van der Waals surface area contributed by atoms with Gasteiger partial charge in [-0.25, -0.2) is 30.4 Å². The van der Waals surface area contributed by atoms with E-state index in [-0.39, 0.29) is 6.54 Å². The average Bonchev–Trinajstić information content (AvgIpc) is 2.53. The van der Waals surface area contributed by atoms with Gasteiger partial charge in [0.05, 0.1) is 0 Å². The van der Waals surface area contributed by atoms with E-state index < -0.39 is 44.0 Å². The molecule has 0 saturated heterocycles. The van der Waals surface area contributed by atoms with Crippen molar-refractivity contribution >= 4 is 10.0 Å². The highest BCUT2D eigenvalue weighted by Gasteiger charge is 2.35. The van der Waals surface area contributed by atoms with Crippen LogP contribution in [0.4, 0.5) is 22.0 Å². The zero-order valence-corrected chi connectivity index (χ0v) is 13.4. The van der Waals surface area contributed by atoms with Gasteiger partial charge in [-0.2, -0.15) is 4.31 Å². The van der Waals surface area contributed by atoms with Crippen LogP contribution in [0, 0.1) is 36.0 Å². The molecule has 3 nitrogen and oxygen atoms in total. The molecular weight excluding hydrogens is 353 g/mol. The Morgan fingerprint density at radius 2 is 1.25 bits per heavy atom. The van der Waals surface area contributed by atoms with Crippen molar-refractivity contribution in [2.24, 2.45) is 0 Å². The van der Waals surface area contributed by atoms with Crippen LogP contribution in [-0.4, -0.2) is 19.8 Å². The number of sulfonamides is 1. The van der Waals surface area contributed by atoms with Crippen molar-refractivity contribution in [2.75, 3.05) is 7.05 Å². The summed E-state index contributed by atoms with van der Waals surface area (Å²) in [5, 5.41) is 0. The van der Waals surface area contributed by atoms with Crippen molar-refractivity contribution in [1.29, 1.82) is 0 Å². The van der Waals surface area contributed by atoms with E-state index in [0.717, 1.165) is 12.6 Å². The quantitative estimate of drug-likeness (QED) is 0.472. The molecule has 0 unspecified atom stereocenters. The summed E-state index contributed by atoms with van der Waals surface area (Å²) < 4.78 is 91.9. The average molecular weight is 365 g/mol. The van der Waals surface area contributed by atoms with E-state index in [2.05, 4.69) is 0 Å². The summed E-state index contributed by atoms with van der Waals surface area (Å²) in [4.78, 5) is -1.87. The highest BCUT2D eigenvalue weighted by Crippen LogP contribution is 2.29. The molecule has 24 heavy (non-hydrogen) atoms. The molecule has 2 rings (SSSR count). The van der Waals surface area contributed by atoms with Gasteiger partial charge in [0.2, 0.25) is 15.8 Å². The van der Waals surface area contributed by atoms with Gasteiger partial charge in [-0.15, -0.1) is 0 Å². The minimum atomic E-state index is -4.93. The van der Waals surface area contributed by atoms with Crippen molar-refractivity contribution in [3.8, 4) is 0 Å². The van der Waals surface area contributed by atoms with E-state index in [0.29, 0.717) is 9.87 Å². The third-order valence-corrected chi connectivity index (χ3v) is 5.19. The Balaban J connectivity index is 2.49. The second-order valence-corrected chi connectivity index (χ2v) is 7.13. The van der Waals surface area contributed by atoms with E-state index in [1.54, 1.807) is 31.2 Å². The number of aryl methyl sites for hydroxylation is 1. The van der Waals surface area contributed by atoms with Crippen molar-refractivity contribution in [3.63, 3.8) is 0 Å². The van der Waals surface area contributed by atoms with Gasteiger partial charge < -0.3 is 0 Å². The van der Waals surface area contributed by atoms with E-state index in [1.165, 1.54) is 0 Å². The Kier molecular flexibility index (Phi) is 4.95. The fourth-order valence-electron chi connectivity index (χ4n) is 2.00. The summed E-state index contributed by atoms with van der Waals surface area (Å²) in [6, 6.07) is 6.54. The second-order valence-electron chi connectivity index (χ2n) is 5.15. The summed E-state index contributed by atoms with van der Waals surface area (Å²) in [5.74, 6) is -11.8. The summed E-state index contributed by atoms with van der Waals surface area (Å²) in [6.45, 7) is 1.50. The van der Waals surface area contributed by atoms with Crippen LogP contribution in [-0.2, 0) is 16.6 Å². The Morgan fingerprint density at radius 1 is 0.833 bits per heavy atom. The Bertz CT molecular complexity index is 853. The molecule has 0 aliphatic rings. The zero-order chi connectivity index (χ0) is 18.2. The number of nitrogens with zero attached hydrogens (tertiary/aromatic N) is 1. The SMILES string of the molecule is Cc1ccc(CN(C)S(=O)(=O)c2c(F)c(F)c(F)c(F)c2F)cc1. The number of halogens is 5. The molecule has 0 aromatic heterocycles. The van der Waals surface area contributed by atoms with Crippen LogP contribution in [0.1, 0.15) is 11.1 Å². The predicted octanol–water partition coefficient (Wildman–Crippen LogP) is 3.51.